The van der Waals surface area contributed by atoms with Crippen molar-refractivity contribution in [3.05, 3.63) is 55.8 Å². The third-order valence-corrected chi connectivity index (χ3v) is 3.45. The maximum absolute atomic E-state index is 2.43. The van der Waals surface area contributed by atoms with Crippen molar-refractivity contribution in [1.82, 2.24) is 0 Å². The zero-order valence-electron chi connectivity index (χ0n) is 11.1. The fourth-order valence-corrected chi connectivity index (χ4v) is 2.65. The van der Waals surface area contributed by atoms with Gasteiger partial charge in [0.25, 0.3) is 0 Å². The molecule has 0 fully saturated rings. The van der Waals surface area contributed by atoms with Gasteiger partial charge in [0, 0.05) is 25.8 Å². The first kappa shape index (κ1) is 16.7. The third kappa shape index (κ3) is 2.76. The maximum atomic E-state index is 2.43. The summed E-state index contributed by atoms with van der Waals surface area (Å²) in [5.41, 5.74) is 4.69. The van der Waals surface area contributed by atoms with E-state index in [0.29, 0.717) is 0 Å². The van der Waals surface area contributed by atoms with Crippen molar-refractivity contribution in [1.29, 1.82) is 0 Å². The normalized spacial score (nSPS) is 12.3. The number of aryl methyl sites for hydroxylation is 3. The minimum Gasteiger partial charge on any atom is -0.358 e. The number of fused-ring (bicyclic) bond motifs is 2. The summed E-state index contributed by atoms with van der Waals surface area (Å²) >= 11 is 0. The van der Waals surface area contributed by atoms with Gasteiger partial charge in [-0.2, -0.15) is 6.07 Å². The van der Waals surface area contributed by atoms with Crippen LogP contribution in [-0.4, -0.2) is 0 Å². The van der Waals surface area contributed by atoms with E-state index >= 15 is 0 Å². The summed E-state index contributed by atoms with van der Waals surface area (Å²) in [4.78, 5) is 0. The van der Waals surface area contributed by atoms with Gasteiger partial charge in [-0.25, -0.2) is 0 Å². The van der Waals surface area contributed by atoms with Crippen LogP contribution in [0, 0.1) is 14.9 Å². The van der Waals surface area contributed by atoms with E-state index in [1.807, 2.05) is 0 Å². The van der Waals surface area contributed by atoms with Crippen LogP contribution in [0.1, 0.15) is 30.0 Å². The van der Waals surface area contributed by atoms with Crippen molar-refractivity contribution >= 4 is 10.8 Å². The number of rotatable bonds is 1. The van der Waals surface area contributed by atoms with Gasteiger partial charge >= 0.3 is 0 Å². The number of benzene rings is 1. The Morgan fingerprint density at radius 3 is 2.41 bits per heavy atom. The van der Waals surface area contributed by atoms with Crippen LogP contribution in [0.25, 0.3) is 10.8 Å². The Kier molecular flexibility index (Phi) is 6.47. The van der Waals surface area contributed by atoms with Crippen LogP contribution < -0.4 is 0 Å². The zero-order valence-corrected chi connectivity index (χ0v) is 14.7. The van der Waals surface area contributed by atoms with E-state index in [-0.39, 0.29) is 40.7 Å². The molecule has 0 aromatic heterocycles. The van der Waals surface area contributed by atoms with Crippen LogP contribution in [0.2, 0.25) is 0 Å². The van der Waals surface area contributed by atoms with Crippen molar-refractivity contribution in [2.24, 2.45) is 0 Å². The summed E-state index contributed by atoms with van der Waals surface area (Å²) in [7, 11) is 0. The monoisotopic (exact) mass is 393 g/mol. The number of hydrogen-bond donors (Lipinski definition) is 0. The molecule has 0 atom stereocenters. The molecule has 92 valence electrons. The van der Waals surface area contributed by atoms with Gasteiger partial charge in [0.05, 0.1) is 0 Å². The zero-order chi connectivity index (χ0) is 9.54. The quantitative estimate of drug-likeness (QED) is 0.495. The molecule has 17 heavy (non-hydrogen) atoms. The molecule has 0 nitrogen and oxygen atoms in total. The summed E-state index contributed by atoms with van der Waals surface area (Å²) in [6, 6.07) is 9.37. The predicted octanol–water partition coefficient (Wildman–Crippen LogP) is 4.51. The molecule has 2 aromatic rings. The Hall–Kier alpha value is -0.300. The Balaban J connectivity index is 0.000000853. The summed E-state index contributed by atoms with van der Waals surface area (Å²) in [6.45, 7) is 2.24. The molecule has 3 rings (SSSR count). The largest absolute Gasteiger partial charge is 0.358 e. The molecule has 0 radical (unpaired) electrons. The van der Waals surface area contributed by atoms with Crippen LogP contribution >= 0.6 is 0 Å². The molecular formula is C16H21Hf-3. The van der Waals surface area contributed by atoms with Crippen molar-refractivity contribution < 1.29 is 25.8 Å². The SMILES string of the molecule is CC[c-]1ccc2cc3c(cc21)CCC3.[CH3-].[CH3-].[Hf]. The minimum absolute atomic E-state index is 0. The van der Waals surface area contributed by atoms with Gasteiger partial charge in [-0.1, -0.05) is 24.5 Å². The second kappa shape index (κ2) is 6.58. The fraction of sp³-hybridized carbons (Fsp3) is 0.312. The molecule has 0 heterocycles. The topological polar surface area (TPSA) is 0 Å². The van der Waals surface area contributed by atoms with Crippen molar-refractivity contribution in [2.75, 3.05) is 0 Å². The minimum atomic E-state index is 0. The van der Waals surface area contributed by atoms with E-state index in [0.717, 1.165) is 6.42 Å². The van der Waals surface area contributed by atoms with Gasteiger partial charge in [-0.05, 0) is 19.3 Å². The summed E-state index contributed by atoms with van der Waals surface area (Å²) in [5.74, 6) is 0. The first-order valence-corrected chi connectivity index (χ1v) is 5.58. The van der Waals surface area contributed by atoms with E-state index < -0.39 is 0 Å². The van der Waals surface area contributed by atoms with Gasteiger partial charge in [0.2, 0.25) is 0 Å². The standard InChI is InChI=1S/C14H15.2CH3.Hf/c1-2-10-6-7-13-8-11-4-3-5-12(11)9-14(10)13;;;/h6-9H,2-5H2,1H3;2*1H3;/q3*-1;. The van der Waals surface area contributed by atoms with Gasteiger partial charge in [-0.15, -0.1) is 34.5 Å². The molecule has 0 bridgehead atoms. The molecule has 1 aliphatic rings. The molecule has 1 heteroatoms. The summed E-state index contributed by atoms with van der Waals surface area (Å²) < 4.78 is 0. The molecular weight excluding hydrogens is 371 g/mol. The van der Waals surface area contributed by atoms with E-state index in [4.69, 9.17) is 0 Å². The van der Waals surface area contributed by atoms with Crippen molar-refractivity contribution in [3.8, 4) is 0 Å². The third-order valence-electron chi connectivity index (χ3n) is 3.45. The Bertz CT molecular complexity index is 479. The van der Waals surface area contributed by atoms with E-state index in [1.165, 1.54) is 35.6 Å². The first-order valence-electron chi connectivity index (χ1n) is 5.58. The van der Waals surface area contributed by atoms with Gasteiger partial charge < -0.3 is 14.9 Å². The average molecular weight is 392 g/mol. The summed E-state index contributed by atoms with van der Waals surface area (Å²) in [5, 5.41) is 2.94. The average Bonchev–Trinajstić information content (AvgIpc) is 2.78. The molecule has 0 N–H and O–H groups in total. The van der Waals surface area contributed by atoms with E-state index in [2.05, 4.69) is 31.2 Å². The predicted molar refractivity (Wildman–Crippen MR) is 73.8 cm³/mol. The van der Waals surface area contributed by atoms with E-state index in [9.17, 15) is 0 Å². The smallest absolute Gasteiger partial charge is 0 e. The van der Waals surface area contributed by atoms with E-state index in [1.54, 1.807) is 11.1 Å². The Morgan fingerprint density at radius 2 is 1.76 bits per heavy atom. The second-order valence-corrected chi connectivity index (χ2v) is 4.27. The van der Waals surface area contributed by atoms with Gasteiger partial charge in [0.15, 0.2) is 0 Å². The molecule has 0 unspecified atom stereocenters. The molecule has 2 aromatic carbocycles. The first-order chi connectivity index (χ1) is 6.88. The molecule has 0 saturated carbocycles. The van der Waals surface area contributed by atoms with Crippen molar-refractivity contribution in [2.45, 2.75) is 32.6 Å². The second-order valence-electron chi connectivity index (χ2n) is 4.27. The maximum Gasteiger partial charge on any atom is 0 e. The summed E-state index contributed by atoms with van der Waals surface area (Å²) in [6.07, 6.45) is 5.09. The fourth-order valence-electron chi connectivity index (χ4n) is 2.65. The van der Waals surface area contributed by atoms with Crippen LogP contribution in [-0.2, 0) is 45.1 Å². The van der Waals surface area contributed by atoms with Crippen LogP contribution in [0.3, 0.4) is 0 Å². The molecule has 0 amide bonds. The molecule has 0 spiro atoms. The van der Waals surface area contributed by atoms with Crippen LogP contribution in [0.4, 0.5) is 0 Å². The van der Waals surface area contributed by atoms with Gasteiger partial charge in [-0.3, -0.25) is 0 Å². The molecule has 0 aliphatic heterocycles. The van der Waals surface area contributed by atoms with Crippen LogP contribution in [0.5, 0.6) is 0 Å². The molecule has 0 saturated heterocycles. The number of hydrogen-bond acceptors (Lipinski definition) is 0. The van der Waals surface area contributed by atoms with Gasteiger partial charge in [0.1, 0.15) is 0 Å². The Morgan fingerprint density at radius 1 is 1.12 bits per heavy atom. The molecule has 1 aliphatic carbocycles. The Labute approximate surface area is 125 Å². The van der Waals surface area contributed by atoms with Crippen molar-refractivity contribution in [3.63, 3.8) is 0 Å². The van der Waals surface area contributed by atoms with Crippen LogP contribution in [0.15, 0.2) is 24.3 Å².